The Labute approximate surface area is 94.5 Å². The van der Waals surface area contributed by atoms with Gasteiger partial charge in [-0.05, 0) is 30.9 Å². The second-order valence-corrected chi connectivity index (χ2v) is 4.30. The maximum atomic E-state index is 5.91. The quantitative estimate of drug-likeness (QED) is 0.612. The number of halogens is 1. The van der Waals surface area contributed by atoms with Crippen molar-refractivity contribution < 1.29 is 4.74 Å². The van der Waals surface area contributed by atoms with Crippen LogP contribution in [-0.2, 0) is 0 Å². The number of nitrogens with one attached hydrogen (secondary N) is 1. The lowest BCUT2D eigenvalue weighted by Crippen LogP contribution is -2.29. The third kappa shape index (κ3) is 2.25. The highest BCUT2D eigenvalue weighted by Crippen LogP contribution is 2.43. The highest BCUT2D eigenvalue weighted by atomic mass is 35.5. The van der Waals surface area contributed by atoms with Crippen molar-refractivity contribution in [2.24, 2.45) is 11.8 Å². The van der Waals surface area contributed by atoms with Crippen molar-refractivity contribution in [3.8, 4) is 5.75 Å². The van der Waals surface area contributed by atoms with Crippen molar-refractivity contribution in [2.45, 2.75) is 18.9 Å². The fourth-order valence-electron chi connectivity index (χ4n) is 1.85. The normalized spacial score (nSPS) is 17.5. The first-order chi connectivity index (χ1) is 7.26. The third-order valence-corrected chi connectivity index (χ3v) is 3.04. The van der Waals surface area contributed by atoms with Crippen LogP contribution in [0.5, 0.6) is 5.75 Å². The van der Waals surface area contributed by atoms with E-state index in [1.54, 1.807) is 7.11 Å². The monoisotopic (exact) mass is 226 g/mol. The van der Waals surface area contributed by atoms with Crippen molar-refractivity contribution in [2.75, 3.05) is 7.11 Å². The summed E-state index contributed by atoms with van der Waals surface area (Å²) in [6.07, 6.45) is 2.45. The van der Waals surface area contributed by atoms with Crippen LogP contribution in [0.1, 0.15) is 24.4 Å². The van der Waals surface area contributed by atoms with Crippen molar-refractivity contribution in [3.05, 3.63) is 28.8 Å². The van der Waals surface area contributed by atoms with E-state index in [-0.39, 0.29) is 6.04 Å². The van der Waals surface area contributed by atoms with E-state index in [2.05, 4.69) is 5.43 Å². The molecule has 1 saturated carbocycles. The number of nitrogens with two attached hydrogens (primary N) is 1. The Kier molecular flexibility index (Phi) is 3.14. The number of rotatable bonds is 4. The van der Waals surface area contributed by atoms with E-state index in [9.17, 15) is 0 Å². The predicted octanol–water partition coefficient (Wildman–Crippen LogP) is 2.26. The molecule has 1 atom stereocenters. The van der Waals surface area contributed by atoms with Gasteiger partial charge in [0.05, 0.1) is 13.2 Å². The SMILES string of the molecule is COc1cc(Cl)ccc1C(NN)C1CC1. The van der Waals surface area contributed by atoms with Gasteiger partial charge in [0.2, 0.25) is 0 Å². The fourth-order valence-corrected chi connectivity index (χ4v) is 2.01. The predicted molar refractivity (Wildman–Crippen MR) is 60.8 cm³/mol. The first kappa shape index (κ1) is 10.7. The largest absolute Gasteiger partial charge is 0.496 e. The molecule has 15 heavy (non-hydrogen) atoms. The molecular weight excluding hydrogens is 212 g/mol. The van der Waals surface area contributed by atoms with E-state index in [1.807, 2.05) is 18.2 Å². The summed E-state index contributed by atoms with van der Waals surface area (Å²) in [5, 5.41) is 0.683. The molecule has 3 N–H and O–H groups in total. The van der Waals surface area contributed by atoms with Gasteiger partial charge in [0, 0.05) is 10.6 Å². The Bertz CT molecular complexity index is 352. The lowest BCUT2D eigenvalue weighted by Gasteiger charge is -2.18. The second kappa shape index (κ2) is 4.39. The van der Waals surface area contributed by atoms with Crippen LogP contribution in [0.2, 0.25) is 5.02 Å². The summed E-state index contributed by atoms with van der Waals surface area (Å²) in [6.45, 7) is 0. The number of hydrogen-bond donors (Lipinski definition) is 2. The average molecular weight is 227 g/mol. The second-order valence-electron chi connectivity index (χ2n) is 3.87. The summed E-state index contributed by atoms with van der Waals surface area (Å²) < 4.78 is 5.31. The molecule has 1 fully saturated rings. The molecule has 0 aromatic heterocycles. The molecule has 0 saturated heterocycles. The van der Waals surface area contributed by atoms with E-state index in [0.717, 1.165) is 11.3 Å². The zero-order valence-corrected chi connectivity index (χ0v) is 9.42. The molecule has 0 bridgehead atoms. The number of benzene rings is 1. The molecule has 1 unspecified atom stereocenters. The smallest absolute Gasteiger partial charge is 0.125 e. The van der Waals surface area contributed by atoms with Crippen LogP contribution in [-0.4, -0.2) is 7.11 Å². The minimum Gasteiger partial charge on any atom is -0.496 e. The number of methoxy groups -OCH3 is 1. The summed E-state index contributed by atoms with van der Waals surface area (Å²) in [5.41, 5.74) is 3.94. The van der Waals surface area contributed by atoms with Gasteiger partial charge >= 0.3 is 0 Å². The maximum Gasteiger partial charge on any atom is 0.125 e. The zero-order valence-electron chi connectivity index (χ0n) is 8.66. The van der Waals surface area contributed by atoms with Crippen LogP contribution < -0.4 is 16.0 Å². The van der Waals surface area contributed by atoms with E-state index in [1.165, 1.54) is 12.8 Å². The van der Waals surface area contributed by atoms with Gasteiger partial charge in [-0.2, -0.15) is 0 Å². The summed E-state index contributed by atoms with van der Waals surface area (Å²) in [5.74, 6) is 7.00. The Balaban J connectivity index is 2.32. The van der Waals surface area contributed by atoms with Crippen LogP contribution in [0.3, 0.4) is 0 Å². The van der Waals surface area contributed by atoms with Crippen LogP contribution in [0, 0.1) is 5.92 Å². The molecule has 82 valence electrons. The van der Waals surface area contributed by atoms with Gasteiger partial charge in [-0.3, -0.25) is 11.3 Å². The van der Waals surface area contributed by atoms with Gasteiger partial charge in [-0.25, -0.2) is 0 Å². The number of hydrazine groups is 1. The molecule has 2 rings (SSSR count). The van der Waals surface area contributed by atoms with Crippen molar-refractivity contribution in [1.29, 1.82) is 0 Å². The molecular formula is C11H15ClN2O. The molecule has 0 spiro atoms. The Morgan fingerprint density at radius 1 is 1.53 bits per heavy atom. The summed E-state index contributed by atoms with van der Waals surface area (Å²) >= 11 is 5.91. The van der Waals surface area contributed by atoms with Gasteiger partial charge in [-0.15, -0.1) is 0 Å². The molecule has 0 aliphatic heterocycles. The molecule has 0 amide bonds. The van der Waals surface area contributed by atoms with Gasteiger partial charge in [0.25, 0.3) is 0 Å². The molecule has 4 heteroatoms. The van der Waals surface area contributed by atoms with E-state index in [4.69, 9.17) is 22.2 Å². The van der Waals surface area contributed by atoms with Gasteiger partial charge < -0.3 is 4.74 Å². The molecule has 3 nitrogen and oxygen atoms in total. The van der Waals surface area contributed by atoms with Crippen molar-refractivity contribution >= 4 is 11.6 Å². The third-order valence-electron chi connectivity index (χ3n) is 2.80. The van der Waals surface area contributed by atoms with E-state index >= 15 is 0 Å². The Morgan fingerprint density at radius 3 is 2.80 bits per heavy atom. The van der Waals surface area contributed by atoms with Crippen molar-refractivity contribution in [3.63, 3.8) is 0 Å². The van der Waals surface area contributed by atoms with Crippen LogP contribution >= 0.6 is 11.6 Å². The standard InChI is InChI=1S/C11H15ClN2O/c1-15-10-6-8(12)4-5-9(10)11(14-13)7-2-3-7/h4-7,11,14H,2-3,13H2,1H3. The minimum absolute atomic E-state index is 0.178. The fraction of sp³-hybridized carbons (Fsp3) is 0.455. The summed E-state index contributed by atoms with van der Waals surface area (Å²) in [7, 11) is 1.65. The maximum absolute atomic E-state index is 5.91. The molecule has 1 aromatic rings. The molecule has 0 heterocycles. The van der Waals surface area contributed by atoms with E-state index in [0.29, 0.717) is 10.9 Å². The topological polar surface area (TPSA) is 47.3 Å². The van der Waals surface area contributed by atoms with Crippen LogP contribution in [0.25, 0.3) is 0 Å². The Hall–Kier alpha value is -0.770. The number of ether oxygens (including phenoxy) is 1. The number of hydrogen-bond acceptors (Lipinski definition) is 3. The molecule has 1 aliphatic carbocycles. The summed E-state index contributed by atoms with van der Waals surface area (Å²) in [4.78, 5) is 0. The zero-order chi connectivity index (χ0) is 10.8. The van der Waals surface area contributed by atoms with Crippen LogP contribution in [0.4, 0.5) is 0 Å². The highest BCUT2D eigenvalue weighted by molar-refractivity contribution is 6.30. The van der Waals surface area contributed by atoms with Gasteiger partial charge in [-0.1, -0.05) is 17.7 Å². The molecule has 1 aliphatic rings. The first-order valence-corrected chi connectivity index (χ1v) is 5.43. The van der Waals surface area contributed by atoms with Crippen LogP contribution in [0.15, 0.2) is 18.2 Å². The highest BCUT2D eigenvalue weighted by Gasteiger charge is 2.33. The average Bonchev–Trinajstić information content (AvgIpc) is 3.05. The Morgan fingerprint density at radius 2 is 2.27 bits per heavy atom. The van der Waals surface area contributed by atoms with Gasteiger partial charge in [0.1, 0.15) is 5.75 Å². The lowest BCUT2D eigenvalue weighted by atomic mass is 10.0. The van der Waals surface area contributed by atoms with Crippen molar-refractivity contribution in [1.82, 2.24) is 5.43 Å². The first-order valence-electron chi connectivity index (χ1n) is 5.06. The lowest BCUT2D eigenvalue weighted by molar-refractivity contribution is 0.392. The minimum atomic E-state index is 0.178. The molecule has 1 aromatic carbocycles. The van der Waals surface area contributed by atoms with E-state index < -0.39 is 0 Å². The summed E-state index contributed by atoms with van der Waals surface area (Å²) in [6, 6.07) is 5.84. The molecule has 0 radical (unpaired) electrons. The van der Waals surface area contributed by atoms with Gasteiger partial charge in [0.15, 0.2) is 0 Å².